The Balaban J connectivity index is 1.79. The minimum atomic E-state index is -0.332. The molecule has 1 aliphatic heterocycles. The summed E-state index contributed by atoms with van der Waals surface area (Å²) in [4.78, 5) is 27.4. The Morgan fingerprint density at radius 3 is 2.74 bits per heavy atom. The number of carbonyl (C=O) groups is 2. The normalized spacial score (nSPS) is 20.2. The van der Waals surface area contributed by atoms with Crippen molar-refractivity contribution >= 4 is 39.9 Å². The zero-order valence-corrected chi connectivity index (χ0v) is 16.4. The number of halogens is 1. The number of Topliss-reactive ketones (excluding diaryl/α,β-unsaturated/α-hetero) is 1. The van der Waals surface area contributed by atoms with Gasteiger partial charge in [0, 0.05) is 30.0 Å². The second kappa shape index (κ2) is 7.52. The van der Waals surface area contributed by atoms with Crippen molar-refractivity contribution in [3.8, 4) is 0 Å². The predicted octanol–water partition coefficient (Wildman–Crippen LogP) is 4.32. The number of carbonyl (C=O) groups excluding carboxylic acids is 2. The Kier molecular flexibility index (Phi) is 5.10. The van der Waals surface area contributed by atoms with Crippen molar-refractivity contribution in [2.45, 2.75) is 42.9 Å². The molecule has 0 N–H and O–H groups in total. The quantitative estimate of drug-likeness (QED) is 0.562. The van der Waals surface area contributed by atoms with Crippen molar-refractivity contribution < 1.29 is 14.0 Å². The van der Waals surface area contributed by atoms with E-state index in [9.17, 15) is 14.0 Å². The van der Waals surface area contributed by atoms with E-state index in [1.165, 1.54) is 23.5 Å². The van der Waals surface area contributed by atoms with Gasteiger partial charge in [0.1, 0.15) is 5.82 Å². The van der Waals surface area contributed by atoms with Gasteiger partial charge in [-0.3, -0.25) is 14.5 Å². The molecular formula is C19H18FN3O2S2. The highest BCUT2D eigenvalue weighted by Gasteiger charge is 2.40. The van der Waals surface area contributed by atoms with Gasteiger partial charge in [0.15, 0.2) is 10.1 Å². The van der Waals surface area contributed by atoms with E-state index in [1.807, 2.05) is 6.92 Å². The van der Waals surface area contributed by atoms with Crippen LogP contribution in [0, 0.1) is 5.82 Å². The molecule has 8 heteroatoms. The molecule has 1 aromatic carbocycles. The molecule has 0 radical (unpaired) electrons. The SMILES string of the molecule is CCSc1nnc(N2C(=O)CC(c3ccc(F)cc3)C3=C2CCCC3=O)s1. The highest BCUT2D eigenvalue weighted by atomic mass is 32.2. The van der Waals surface area contributed by atoms with E-state index in [0.29, 0.717) is 30.0 Å². The van der Waals surface area contributed by atoms with Gasteiger partial charge in [-0.15, -0.1) is 10.2 Å². The van der Waals surface area contributed by atoms with Crippen LogP contribution in [0.3, 0.4) is 0 Å². The number of benzene rings is 1. The standard InChI is InChI=1S/C19H18FN3O2S2/c1-2-26-19-22-21-18(27-19)23-14-4-3-5-15(24)17(14)13(10-16(23)25)11-6-8-12(20)9-7-11/h6-9,13H,2-5,10H2,1H3. The van der Waals surface area contributed by atoms with Crippen molar-refractivity contribution in [3.63, 3.8) is 0 Å². The van der Waals surface area contributed by atoms with Gasteiger partial charge in [-0.05, 0) is 36.3 Å². The van der Waals surface area contributed by atoms with Gasteiger partial charge in [0.25, 0.3) is 0 Å². The molecule has 0 saturated carbocycles. The lowest BCUT2D eigenvalue weighted by Gasteiger charge is -2.36. The first-order valence-corrected chi connectivity index (χ1v) is 10.7. The maximum absolute atomic E-state index is 13.3. The third-order valence-corrected chi connectivity index (χ3v) is 6.73. The molecule has 4 rings (SSSR count). The van der Waals surface area contributed by atoms with E-state index in [4.69, 9.17) is 0 Å². The molecule has 0 saturated heterocycles. The minimum Gasteiger partial charge on any atom is -0.294 e. The Hall–Kier alpha value is -2.06. The summed E-state index contributed by atoms with van der Waals surface area (Å²) >= 11 is 2.95. The minimum absolute atomic E-state index is 0.0655. The average molecular weight is 404 g/mol. The molecule has 2 aromatic rings. The Bertz CT molecular complexity index is 923. The van der Waals surface area contributed by atoms with Crippen LogP contribution in [0.25, 0.3) is 0 Å². The number of allylic oxidation sites excluding steroid dienone is 2. The molecule has 0 spiro atoms. The Morgan fingerprint density at radius 1 is 1.22 bits per heavy atom. The highest BCUT2D eigenvalue weighted by molar-refractivity contribution is 8.01. The lowest BCUT2D eigenvalue weighted by atomic mass is 9.77. The lowest BCUT2D eigenvalue weighted by Crippen LogP contribution is -2.40. The number of hydrogen-bond donors (Lipinski definition) is 0. The fourth-order valence-electron chi connectivity index (χ4n) is 3.67. The summed E-state index contributed by atoms with van der Waals surface area (Å²) in [5.41, 5.74) is 2.21. The summed E-state index contributed by atoms with van der Waals surface area (Å²) < 4.78 is 14.1. The number of ketones is 1. The van der Waals surface area contributed by atoms with Gasteiger partial charge in [0.2, 0.25) is 11.0 Å². The van der Waals surface area contributed by atoms with Gasteiger partial charge in [-0.25, -0.2) is 4.39 Å². The third-order valence-electron chi connectivity index (χ3n) is 4.80. The summed E-state index contributed by atoms with van der Waals surface area (Å²) in [6, 6.07) is 6.07. The molecule has 0 fully saturated rings. The van der Waals surface area contributed by atoms with Crippen LogP contribution < -0.4 is 4.90 Å². The number of amides is 1. The number of rotatable bonds is 4. The monoisotopic (exact) mass is 403 g/mol. The van der Waals surface area contributed by atoms with Crippen LogP contribution >= 0.6 is 23.1 Å². The molecule has 27 heavy (non-hydrogen) atoms. The average Bonchev–Trinajstić information content (AvgIpc) is 3.10. The summed E-state index contributed by atoms with van der Waals surface area (Å²) in [7, 11) is 0. The van der Waals surface area contributed by atoms with Crippen molar-refractivity contribution in [3.05, 3.63) is 46.9 Å². The summed E-state index contributed by atoms with van der Waals surface area (Å²) in [5.74, 6) is 0.190. The zero-order chi connectivity index (χ0) is 19.0. The molecule has 2 aliphatic rings. The van der Waals surface area contributed by atoms with Gasteiger partial charge in [-0.1, -0.05) is 42.2 Å². The van der Waals surface area contributed by atoms with Gasteiger partial charge in [-0.2, -0.15) is 0 Å². The number of hydrogen-bond acceptors (Lipinski definition) is 6. The summed E-state index contributed by atoms with van der Waals surface area (Å²) in [6.45, 7) is 2.03. The molecule has 1 amide bonds. The number of thioether (sulfide) groups is 1. The van der Waals surface area contributed by atoms with E-state index in [-0.39, 0.29) is 29.8 Å². The first kappa shape index (κ1) is 18.3. The van der Waals surface area contributed by atoms with Crippen molar-refractivity contribution in [1.29, 1.82) is 0 Å². The van der Waals surface area contributed by atoms with Crippen LogP contribution in [0.5, 0.6) is 0 Å². The molecule has 1 aliphatic carbocycles. The predicted molar refractivity (Wildman–Crippen MR) is 103 cm³/mol. The molecule has 0 bridgehead atoms. The van der Waals surface area contributed by atoms with Gasteiger partial charge < -0.3 is 0 Å². The third kappa shape index (κ3) is 3.43. The van der Waals surface area contributed by atoms with Crippen molar-refractivity contribution in [1.82, 2.24) is 10.2 Å². The molecule has 1 aromatic heterocycles. The van der Waals surface area contributed by atoms with Crippen LogP contribution in [-0.2, 0) is 9.59 Å². The highest BCUT2D eigenvalue weighted by Crippen LogP contribution is 2.44. The number of aromatic nitrogens is 2. The zero-order valence-electron chi connectivity index (χ0n) is 14.8. The molecular weight excluding hydrogens is 385 g/mol. The van der Waals surface area contributed by atoms with E-state index in [1.54, 1.807) is 28.8 Å². The number of nitrogens with zero attached hydrogens (tertiary/aromatic N) is 3. The molecule has 1 atom stereocenters. The van der Waals surface area contributed by atoms with E-state index in [2.05, 4.69) is 10.2 Å². The van der Waals surface area contributed by atoms with Gasteiger partial charge in [0.05, 0.1) is 0 Å². The first-order chi connectivity index (χ1) is 13.1. The van der Waals surface area contributed by atoms with E-state index >= 15 is 0 Å². The number of anilines is 1. The molecule has 2 heterocycles. The second-order valence-electron chi connectivity index (χ2n) is 6.46. The van der Waals surface area contributed by atoms with Crippen LogP contribution in [-0.4, -0.2) is 27.6 Å². The largest absolute Gasteiger partial charge is 0.294 e. The summed E-state index contributed by atoms with van der Waals surface area (Å²) in [6.07, 6.45) is 2.02. The smallest absolute Gasteiger partial charge is 0.234 e. The van der Waals surface area contributed by atoms with Crippen LogP contribution in [0.1, 0.15) is 44.1 Å². The Labute approximate surface area is 164 Å². The van der Waals surface area contributed by atoms with Crippen LogP contribution in [0.4, 0.5) is 9.52 Å². The van der Waals surface area contributed by atoms with E-state index < -0.39 is 0 Å². The fraction of sp³-hybridized carbons (Fsp3) is 0.368. The van der Waals surface area contributed by atoms with Crippen LogP contribution in [0.2, 0.25) is 0 Å². The molecule has 5 nitrogen and oxygen atoms in total. The maximum Gasteiger partial charge on any atom is 0.234 e. The van der Waals surface area contributed by atoms with Gasteiger partial charge >= 0.3 is 0 Å². The van der Waals surface area contributed by atoms with Crippen molar-refractivity contribution in [2.75, 3.05) is 10.7 Å². The van der Waals surface area contributed by atoms with E-state index in [0.717, 1.165) is 21.4 Å². The fourth-order valence-corrected chi connectivity index (χ4v) is 5.45. The topological polar surface area (TPSA) is 63.2 Å². The molecule has 1 unspecified atom stereocenters. The second-order valence-corrected chi connectivity index (χ2v) is 8.93. The van der Waals surface area contributed by atoms with Crippen LogP contribution in [0.15, 0.2) is 39.9 Å². The lowest BCUT2D eigenvalue weighted by molar-refractivity contribution is -0.119. The molecule has 140 valence electrons. The summed E-state index contributed by atoms with van der Waals surface area (Å²) in [5, 5.41) is 8.86. The maximum atomic E-state index is 13.3. The Morgan fingerprint density at radius 2 is 2.00 bits per heavy atom. The first-order valence-electron chi connectivity index (χ1n) is 8.89. The van der Waals surface area contributed by atoms with Crippen molar-refractivity contribution in [2.24, 2.45) is 0 Å².